The molecule has 0 spiro atoms. The molecular formula is C14H17FN2O2S. The highest BCUT2D eigenvalue weighted by molar-refractivity contribution is 7.89. The van der Waals surface area contributed by atoms with Crippen LogP contribution in [-0.2, 0) is 10.0 Å². The normalized spacial score (nSPS) is 24.3. The zero-order valence-corrected chi connectivity index (χ0v) is 12.3. The first-order valence-electron chi connectivity index (χ1n) is 6.58. The van der Waals surface area contributed by atoms with Gasteiger partial charge in [-0.1, -0.05) is 13.0 Å². The van der Waals surface area contributed by atoms with Gasteiger partial charge < -0.3 is 0 Å². The first-order chi connectivity index (χ1) is 9.37. The van der Waals surface area contributed by atoms with Crippen LogP contribution in [0.4, 0.5) is 4.39 Å². The highest BCUT2D eigenvalue weighted by atomic mass is 32.2. The summed E-state index contributed by atoms with van der Waals surface area (Å²) in [5.41, 5.74) is -0.405. The molecule has 1 aromatic rings. The molecule has 0 saturated carbocycles. The van der Waals surface area contributed by atoms with Crippen LogP contribution in [0.2, 0.25) is 0 Å². The van der Waals surface area contributed by atoms with Crippen molar-refractivity contribution in [1.82, 2.24) is 4.31 Å². The van der Waals surface area contributed by atoms with Gasteiger partial charge in [-0.25, -0.2) is 12.8 Å². The van der Waals surface area contributed by atoms with Crippen LogP contribution >= 0.6 is 0 Å². The van der Waals surface area contributed by atoms with E-state index in [0.717, 1.165) is 18.9 Å². The Morgan fingerprint density at radius 2 is 2.05 bits per heavy atom. The van der Waals surface area contributed by atoms with Gasteiger partial charge >= 0.3 is 0 Å². The molecule has 2 atom stereocenters. The van der Waals surface area contributed by atoms with E-state index in [4.69, 9.17) is 5.26 Å². The quantitative estimate of drug-likeness (QED) is 0.842. The Morgan fingerprint density at radius 3 is 2.70 bits per heavy atom. The second kappa shape index (κ2) is 5.51. The summed E-state index contributed by atoms with van der Waals surface area (Å²) in [7, 11) is -3.84. The number of rotatable bonds is 2. The van der Waals surface area contributed by atoms with E-state index < -0.39 is 21.4 Å². The molecule has 6 heteroatoms. The van der Waals surface area contributed by atoms with Crippen molar-refractivity contribution in [1.29, 1.82) is 5.26 Å². The second-order valence-electron chi connectivity index (χ2n) is 5.33. The lowest BCUT2D eigenvalue weighted by molar-refractivity contribution is 0.218. The Balaban J connectivity index is 2.51. The molecule has 0 bridgehead atoms. The second-order valence-corrected chi connectivity index (χ2v) is 7.19. The van der Waals surface area contributed by atoms with E-state index in [9.17, 15) is 12.8 Å². The van der Waals surface area contributed by atoms with Crippen LogP contribution in [0.15, 0.2) is 23.1 Å². The maximum Gasteiger partial charge on any atom is 0.244 e. The van der Waals surface area contributed by atoms with Crippen molar-refractivity contribution in [2.24, 2.45) is 5.92 Å². The fourth-order valence-electron chi connectivity index (χ4n) is 2.54. The molecule has 1 aliphatic heterocycles. The van der Waals surface area contributed by atoms with Gasteiger partial charge in [-0.2, -0.15) is 9.57 Å². The zero-order chi connectivity index (χ0) is 14.9. The smallest absolute Gasteiger partial charge is 0.207 e. The largest absolute Gasteiger partial charge is 0.244 e. The summed E-state index contributed by atoms with van der Waals surface area (Å²) < 4.78 is 40.4. The van der Waals surface area contributed by atoms with Gasteiger partial charge in [0.2, 0.25) is 10.0 Å². The average Bonchev–Trinajstić information content (AvgIpc) is 2.41. The van der Waals surface area contributed by atoms with Crippen LogP contribution in [0.5, 0.6) is 0 Å². The molecule has 0 N–H and O–H groups in total. The molecule has 0 aromatic heterocycles. The Labute approximate surface area is 118 Å². The molecule has 0 amide bonds. The van der Waals surface area contributed by atoms with Crippen molar-refractivity contribution in [3.05, 3.63) is 29.6 Å². The predicted molar refractivity (Wildman–Crippen MR) is 72.9 cm³/mol. The molecule has 2 rings (SSSR count). The number of hydrogen-bond acceptors (Lipinski definition) is 3. The topological polar surface area (TPSA) is 61.2 Å². The lowest BCUT2D eigenvalue weighted by Gasteiger charge is -2.35. The van der Waals surface area contributed by atoms with Crippen LogP contribution in [-0.4, -0.2) is 25.3 Å². The fourth-order valence-corrected chi connectivity index (χ4v) is 4.47. The average molecular weight is 296 g/mol. The molecule has 4 nitrogen and oxygen atoms in total. The third-order valence-electron chi connectivity index (χ3n) is 3.73. The van der Waals surface area contributed by atoms with Gasteiger partial charge in [-0.15, -0.1) is 0 Å². The number of halogens is 1. The van der Waals surface area contributed by atoms with Gasteiger partial charge in [0.1, 0.15) is 22.3 Å². The SMILES string of the molecule is CC1CCC(C)N(S(=O)(=O)c2cccc(F)c2C#N)C1. The van der Waals surface area contributed by atoms with Gasteiger partial charge in [0.15, 0.2) is 0 Å². The molecule has 1 aromatic carbocycles. The van der Waals surface area contributed by atoms with Crippen molar-refractivity contribution in [3.63, 3.8) is 0 Å². The number of hydrogen-bond donors (Lipinski definition) is 0. The van der Waals surface area contributed by atoms with E-state index in [1.807, 2.05) is 13.8 Å². The van der Waals surface area contributed by atoms with Gasteiger partial charge in [-0.3, -0.25) is 0 Å². The van der Waals surface area contributed by atoms with Crippen LogP contribution in [0.1, 0.15) is 32.3 Å². The summed E-state index contributed by atoms with van der Waals surface area (Å²) in [6, 6.07) is 5.23. The number of nitrogens with zero attached hydrogens (tertiary/aromatic N) is 2. The van der Waals surface area contributed by atoms with Crippen LogP contribution in [0.25, 0.3) is 0 Å². The monoisotopic (exact) mass is 296 g/mol. The predicted octanol–water partition coefficient (Wildman–Crippen LogP) is 2.51. The van der Waals surface area contributed by atoms with E-state index in [2.05, 4.69) is 0 Å². The van der Waals surface area contributed by atoms with Gasteiger partial charge in [0.05, 0.1) is 0 Å². The molecule has 0 radical (unpaired) electrons. The summed E-state index contributed by atoms with van der Waals surface area (Å²) in [5.74, 6) is -0.536. The number of nitriles is 1. The van der Waals surface area contributed by atoms with Crippen LogP contribution < -0.4 is 0 Å². The van der Waals surface area contributed by atoms with Gasteiger partial charge in [0, 0.05) is 12.6 Å². The van der Waals surface area contributed by atoms with Crippen molar-refractivity contribution >= 4 is 10.0 Å². The summed E-state index contributed by atoms with van der Waals surface area (Å²) in [6.45, 7) is 4.24. The lowest BCUT2D eigenvalue weighted by atomic mass is 9.97. The third kappa shape index (κ3) is 2.56. The molecule has 1 heterocycles. The molecule has 1 aliphatic rings. The van der Waals surface area contributed by atoms with Crippen LogP contribution in [0, 0.1) is 23.1 Å². The molecule has 2 unspecified atom stereocenters. The first kappa shape index (κ1) is 14.9. The lowest BCUT2D eigenvalue weighted by Crippen LogP contribution is -2.45. The highest BCUT2D eigenvalue weighted by Crippen LogP contribution is 2.29. The van der Waals surface area contributed by atoms with E-state index >= 15 is 0 Å². The van der Waals surface area contributed by atoms with Crippen molar-refractivity contribution < 1.29 is 12.8 Å². The molecule has 0 aliphatic carbocycles. The van der Waals surface area contributed by atoms with Crippen LogP contribution in [0.3, 0.4) is 0 Å². The number of piperidine rings is 1. The third-order valence-corrected chi connectivity index (χ3v) is 5.76. The molecule has 108 valence electrons. The standard InChI is InChI=1S/C14H17FN2O2S/c1-10-6-7-11(2)17(9-10)20(18,19)14-5-3-4-13(15)12(14)8-16/h3-5,10-11H,6-7,9H2,1-2H3. The maximum absolute atomic E-state index is 13.6. The maximum atomic E-state index is 13.6. The Bertz CT molecular complexity index is 652. The summed E-state index contributed by atoms with van der Waals surface area (Å²) in [6.07, 6.45) is 1.75. The first-order valence-corrected chi connectivity index (χ1v) is 8.02. The summed E-state index contributed by atoms with van der Waals surface area (Å²) in [5, 5.41) is 9.01. The minimum atomic E-state index is -3.84. The molecule has 20 heavy (non-hydrogen) atoms. The molecule has 1 fully saturated rings. The number of sulfonamides is 1. The Kier molecular flexibility index (Phi) is 4.11. The van der Waals surface area contributed by atoms with E-state index in [1.54, 1.807) is 6.07 Å². The fraction of sp³-hybridized carbons (Fsp3) is 0.500. The minimum Gasteiger partial charge on any atom is -0.207 e. The van der Waals surface area contributed by atoms with E-state index in [1.165, 1.54) is 16.4 Å². The highest BCUT2D eigenvalue weighted by Gasteiger charge is 2.35. The van der Waals surface area contributed by atoms with Crippen molar-refractivity contribution in [3.8, 4) is 6.07 Å². The van der Waals surface area contributed by atoms with Gasteiger partial charge in [-0.05, 0) is 37.8 Å². The summed E-state index contributed by atoms with van der Waals surface area (Å²) in [4.78, 5) is -0.235. The minimum absolute atomic E-state index is 0.133. The van der Waals surface area contributed by atoms with E-state index in [0.29, 0.717) is 6.54 Å². The summed E-state index contributed by atoms with van der Waals surface area (Å²) >= 11 is 0. The molecule has 1 saturated heterocycles. The molecular weight excluding hydrogens is 279 g/mol. The van der Waals surface area contributed by atoms with Crippen molar-refractivity contribution in [2.75, 3.05) is 6.54 Å². The van der Waals surface area contributed by atoms with Gasteiger partial charge in [0.25, 0.3) is 0 Å². The van der Waals surface area contributed by atoms with Crippen molar-refractivity contribution in [2.45, 2.75) is 37.6 Å². The Morgan fingerprint density at radius 1 is 1.35 bits per heavy atom. The Hall–Kier alpha value is -1.45. The van der Waals surface area contributed by atoms with E-state index in [-0.39, 0.29) is 16.9 Å². The zero-order valence-electron chi connectivity index (χ0n) is 11.5. The number of benzene rings is 1.